The Labute approximate surface area is 174 Å². The van der Waals surface area contributed by atoms with Crippen molar-refractivity contribution in [2.75, 3.05) is 25.6 Å². The van der Waals surface area contributed by atoms with Gasteiger partial charge in [-0.1, -0.05) is 24.3 Å². The summed E-state index contributed by atoms with van der Waals surface area (Å²) >= 11 is 0. The molecule has 3 rings (SSSR count). The topological polar surface area (TPSA) is 83.1 Å². The summed E-state index contributed by atoms with van der Waals surface area (Å²) in [6, 6.07) is 14.3. The van der Waals surface area contributed by atoms with E-state index in [1.54, 1.807) is 50.4 Å². The van der Waals surface area contributed by atoms with Crippen LogP contribution in [-0.2, 0) is 19.1 Å². The van der Waals surface area contributed by atoms with Crippen molar-refractivity contribution in [2.24, 2.45) is 0 Å². The predicted molar refractivity (Wildman–Crippen MR) is 112 cm³/mol. The van der Waals surface area contributed by atoms with Crippen molar-refractivity contribution in [3.63, 3.8) is 0 Å². The van der Waals surface area contributed by atoms with Crippen LogP contribution in [-0.4, -0.2) is 32.1 Å². The van der Waals surface area contributed by atoms with Gasteiger partial charge in [0.05, 0.1) is 20.3 Å². The van der Waals surface area contributed by atoms with E-state index in [-0.39, 0.29) is 23.8 Å². The van der Waals surface area contributed by atoms with Crippen molar-refractivity contribution in [2.45, 2.75) is 13.8 Å². The number of rotatable bonds is 8. The SMILES string of the molecule is CCOC(=O)C1=C(Nc2ccccc2)OC(=Cc2ccc(OC)c(OCC)c2)C1=O. The molecule has 2 aromatic rings. The molecule has 1 heterocycles. The van der Waals surface area contributed by atoms with Crippen LogP contribution >= 0.6 is 0 Å². The second-order valence-electron chi connectivity index (χ2n) is 6.20. The molecule has 0 aromatic heterocycles. The summed E-state index contributed by atoms with van der Waals surface area (Å²) in [6.07, 6.45) is 1.54. The van der Waals surface area contributed by atoms with Crippen molar-refractivity contribution in [3.8, 4) is 11.5 Å². The lowest BCUT2D eigenvalue weighted by atomic mass is 10.1. The molecule has 2 aromatic carbocycles. The number of ketones is 1. The van der Waals surface area contributed by atoms with Gasteiger partial charge in [0.2, 0.25) is 11.7 Å². The Bertz CT molecular complexity index is 994. The summed E-state index contributed by atoms with van der Waals surface area (Å²) in [5, 5.41) is 2.98. The lowest BCUT2D eigenvalue weighted by Gasteiger charge is -2.10. The van der Waals surface area contributed by atoms with Crippen LogP contribution in [0.25, 0.3) is 6.08 Å². The molecule has 0 spiro atoms. The molecule has 0 saturated carbocycles. The number of carbonyl (C=O) groups is 2. The summed E-state index contributed by atoms with van der Waals surface area (Å²) in [7, 11) is 1.55. The quantitative estimate of drug-likeness (QED) is 0.402. The Morgan fingerprint density at radius 1 is 1.07 bits per heavy atom. The average Bonchev–Trinajstić information content (AvgIpc) is 3.04. The Morgan fingerprint density at radius 2 is 1.83 bits per heavy atom. The van der Waals surface area contributed by atoms with Crippen LogP contribution < -0.4 is 14.8 Å². The molecule has 7 heteroatoms. The number of hydrogen-bond donors (Lipinski definition) is 1. The number of esters is 1. The van der Waals surface area contributed by atoms with Crippen molar-refractivity contribution in [1.29, 1.82) is 0 Å². The molecular weight excluding hydrogens is 386 g/mol. The minimum Gasteiger partial charge on any atom is -0.493 e. The molecule has 0 atom stereocenters. The normalized spacial score (nSPS) is 14.5. The van der Waals surface area contributed by atoms with Gasteiger partial charge in [0.15, 0.2) is 22.8 Å². The monoisotopic (exact) mass is 409 g/mol. The minimum atomic E-state index is -0.742. The standard InChI is InChI=1S/C23H23NO6/c1-4-28-18-13-15(11-12-17(18)27-3)14-19-21(25)20(23(26)29-5-2)22(30-19)24-16-9-7-6-8-10-16/h6-14,24H,4-5H2,1-3H3. The number of ether oxygens (including phenoxy) is 4. The highest BCUT2D eigenvalue weighted by molar-refractivity contribution is 6.26. The maximum Gasteiger partial charge on any atom is 0.347 e. The van der Waals surface area contributed by atoms with Crippen molar-refractivity contribution in [3.05, 3.63) is 71.3 Å². The molecule has 30 heavy (non-hydrogen) atoms. The van der Waals surface area contributed by atoms with Crippen LogP contribution in [0.1, 0.15) is 19.4 Å². The Balaban J connectivity index is 1.94. The first kappa shape index (κ1) is 21.0. The summed E-state index contributed by atoms with van der Waals surface area (Å²) in [5.41, 5.74) is 1.16. The van der Waals surface area contributed by atoms with Crippen molar-refractivity contribution < 1.29 is 28.5 Å². The number of hydrogen-bond acceptors (Lipinski definition) is 7. The molecule has 156 valence electrons. The number of para-hydroxylation sites is 1. The van der Waals surface area contributed by atoms with E-state index in [1.165, 1.54) is 0 Å². The van der Waals surface area contributed by atoms with Gasteiger partial charge in [-0.05, 0) is 49.8 Å². The number of benzene rings is 2. The lowest BCUT2D eigenvalue weighted by molar-refractivity contribution is -0.139. The number of allylic oxidation sites excluding steroid dienone is 1. The maximum atomic E-state index is 12.9. The Hall–Kier alpha value is -3.74. The second-order valence-corrected chi connectivity index (χ2v) is 6.20. The first-order valence-electron chi connectivity index (χ1n) is 9.55. The summed E-state index contributed by atoms with van der Waals surface area (Å²) in [6.45, 7) is 4.15. The van der Waals surface area contributed by atoms with Gasteiger partial charge in [-0.15, -0.1) is 0 Å². The minimum absolute atomic E-state index is 0.00380. The third-order valence-electron chi connectivity index (χ3n) is 4.19. The highest BCUT2D eigenvalue weighted by Gasteiger charge is 2.37. The number of methoxy groups -OCH3 is 1. The predicted octanol–water partition coefficient (Wildman–Crippen LogP) is 3.92. The van der Waals surface area contributed by atoms with E-state index >= 15 is 0 Å². The zero-order valence-electron chi connectivity index (χ0n) is 17.1. The van der Waals surface area contributed by atoms with Gasteiger partial charge in [0, 0.05) is 5.69 Å². The fourth-order valence-corrected chi connectivity index (χ4v) is 2.86. The van der Waals surface area contributed by atoms with Crippen LogP contribution in [0.3, 0.4) is 0 Å². The van der Waals surface area contributed by atoms with E-state index < -0.39 is 11.8 Å². The number of Topliss-reactive ketones (excluding diaryl/α,β-unsaturated/α-hetero) is 1. The van der Waals surface area contributed by atoms with E-state index in [0.29, 0.717) is 29.4 Å². The molecule has 1 aliphatic rings. The van der Waals surface area contributed by atoms with E-state index in [9.17, 15) is 9.59 Å². The summed E-state index contributed by atoms with van der Waals surface area (Å²) in [4.78, 5) is 25.3. The molecule has 0 unspecified atom stereocenters. The lowest BCUT2D eigenvalue weighted by Crippen LogP contribution is -2.16. The largest absolute Gasteiger partial charge is 0.493 e. The maximum absolute atomic E-state index is 12.9. The smallest absolute Gasteiger partial charge is 0.347 e. The van der Waals surface area contributed by atoms with E-state index in [2.05, 4.69) is 5.32 Å². The molecule has 0 saturated heterocycles. The van der Waals surface area contributed by atoms with Gasteiger partial charge >= 0.3 is 5.97 Å². The van der Waals surface area contributed by atoms with Gasteiger partial charge in [-0.25, -0.2) is 4.79 Å². The third-order valence-corrected chi connectivity index (χ3v) is 4.19. The van der Waals surface area contributed by atoms with Gasteiger partial charge in [0.1, 0.15) is 0 Å². The van der Waals surface area contributed by atoms with E-state index in [0.717, 1.165) is 0 Å². The van der Waals surface area contributed by atoms with Gasteiger partial charge in [0.25, 0.3) is 0 Å². The van der Waals surface area contributed by atoms with Gasteiger partial charge in [-0.3, -0.25) is 4.79 Å². The Morgan fingerprint density at radius 3 is 2.50 bits per heavy atom. The highest BCUT2D eigenvalue weighted by Crippen LogP contribution is 2.32. The highest BCUT2D eigenvalue weighted by atomic mass is 16.5. The van der Waals surface area contributed by atoms with Crippen LogP contribution in [0.15, 0.2) is 65.7 Å². The molecule has 0 fully saturated rings. The average molecular weight is 409 g/mol. The first-order valence-corrected chi connectivity index (χ1v) is 9.55. The first-order chi connectivity index (χ1) is 14.6. The van der Waals surface area contributed by atoms with Gasteiger partial charge < -0.3 is 24.3 Å². The van der Waals surface area contributed by atoms with E-state index in [1.807, 2.05) is 25.1 Å². The van der Waals surface area contributed by atoms with Gasteiger partial charge in [-0.2, -0.15) is 0 Å². The molecule has 0 bridgehead atoms. The molecular formula is C23H23NO6. The molecule has 0 aliphatic carbocycles. The molecule has 7 nitrogen and oxygen atoms in total. The summed E-state index contributed by atoms with van der Waals surface area (Å²) in [5.74, 6) is -0.135. The molecule has 1 N–H and O–H groups in total. The Kier molecular flexibility index (Phi) is 6.75. The van der Waals surface area contributed by atoms with Crippen molar-refractivity contribution >= 4 is 23.5 Å². The number of anilines is 1. The number of carbonyl (C=O) groups excluding carboxylic acids is 2. The fourth-order valence-electron chi connectivity index (χ4n) is 2.86. The third kappa shape index (κ3) is 4.63. The summed E-state index contributed by atoms with van der Waals surface area (Å²) < 4.78 is 21.6. The number of nitrogens with one attached hydrogen (secondary N) is 1. The van der Waals surface area contributed by atoms with Crippen LogP contribution in [0.2, 0.25) is 0 Å². The van der Waals surface area contributed by atoms with Crippen LogP contribution in [0.5, 0.6) is 11.5 Å². The molecule has 1 aliphatic heterocycles. The van der Waals surface area contributed by atoms with E-state index in [4.69, 9.17) is 18.9 Å². The zero-order chi connectivity index (χ0) is 21.5. The molecule has 0 radical (unpaired) electrons. The molecule has 0 amide bonds. The zero-order valence-corrected chi connectivity index (χ0v) is 17.1. The van der Waals surface area contributed by atoms with Crippen LogP contribution in [0, 0.1) is 0 Å². The second kappa shape index (κ2) is 9.65. The van der Waals surface area contributed by atoms with Crippen LogP contribution in [0.4, 0.5) is 5.69 Å². The fraction of sp³-hybridized carbons (Fsp3) is 0.217. The van der Waals surface area contributed by atoms with Crippen molar-refractivity contribution in [1.82, 2.24) is 0 Å².